The van der Waals surface area contributed by atoms with Gasteiger partial charge in [0, 0.05) is 17.6 Å². The van der Waals surface area contributed by atoms with E-state index in [0.717, 1.165) is 28.9 Å². The summed E-state index contributed by atoms with van der Waals surface area (Å²) in [7, 11) is 0. The fourth-order valence-corrected chi connectivity index (χ4v) is 2.35. The van der Waals surface area contributed by atoms with Gasteiger partial charge in [0.1, 0.15) is 0 Å². The summed E-state index contributed by atoms with van der Waals surface area (Å²) in [6.45, 7) is 6.74. The average Bonchev–Trinajstić information content (AvgIpc) is 2.00. The zero-order valence-corrected chi connectivity index (χ0v) is 10.1. The molecule has 1 aliphatic rings. The van der Waals surface area contributed by atoms with Crippen LogP contribution in [-0.4, -0.2) is 13.1 Å². The van der Waals surface area contributed by atoms with Gasteiger partial charge >= 0.3 is 0 Å². The summed E-state index contributed by atoms with van der Waals surface area (Å²) in [5.41, 5.74) is 8.41. The molecule has 0 bridgehead atoms. The molecular weight excluding hydrogens is 240 g/mol. The number of nitrogen functional groups attached to an aromatic ring is 1. The van der Waals surface area contributed by atoms with E-state index >= 15 is 0 Å². The van der Waals surface area contributed by atoms with Crippen LogP contribution in [0.1, 0.15) is 13.8 Å². The van der Waals surface area contributed by atoms with E-state index in [4.69, 9.17) is 5.73 Å². The predicted molar refractivity (Wildman–Crippen MR) is 64.5 cm³/mol. The normalized spacial score (nSPS) is 19.2. The molecule has 0 saturated carbocycles. The van der Waals surface area contributed by atoms with Gasteiger partial charge in [-0.2, -0.15) is 0 Å². The Morgan fingerprint density at radius 1 is 1.36 bits per heavy atom. The molecule has 0 amide bonds. The Morgan fingerprint density at radius 3 is 2.50 bits per heavy atom. The molecule has 0 spiro atoms. The third-order valence-electron chi connectivity index (χ3n) is 2.57. The SMILES string of the molecule is CC1(C)CN(c2ccc(Br)cc2N)C1. The van der Waals surface area contributed by atoms with E-state index in [9.17, 15) is 0 Å². The van der Waals surface area contributed by atoms with Gasteiger partial charge in [-0.3, -0.25) is 0 Å². The van der Waals surface area contributed by atoms with Crippen LogP contribution in [0.15, 0.2) is 22.7 Å². The molecule has 0 unspecified atom stereocenters. The smallest absolute Gasteiger partial charge is 0.0601 e. The predicted octanol–water partition coefficient (Wildman–Crippen LogP) is 2.88. The van der Waals surface area contributed by atoms with E-state index in [1.807, 2.05) is 12.1 Å². The summed E-state index contributed by atoms with van der Waals surface area (Å²) in [6, 6.07) is 6.08. The van der Waals surface area contributed by atoms with E-state index in [1.54, 1.807) is 0 Å². The highest BCUT2D eigenvalue weighted by molar-refractivity contribution is 9.10. The molecule has 14 heavy (non-hydrogen) atoms. The van der Waals surface area contributed by atoms with Crippen molar-refractivity contribution in [3.8, 4) is 0 Å². The zero-order chi connectivity index (χ0) is 10.3. The molecular formula is C11H15BrN2. The van der Waals surface area contributed by atoms with Crippen molar-refractivity contribution in [2.75, 3.05) is 23.7 Å². The van der Waals surface area contributed by atoms with Gasteiger partial charge < -0.3 is 10.6 Å². The monoisotopic (exact) mass is 254 g/mol. The van der Waals surface area contributed by atoms with Gasteiger partial charge in [0.2, 0.25) is 0 Å². The molecule has 76 valence electrons. The van der Waals surface area contributed by atoms with Crippen LogP contribution in [0.25, 0.3) is 0 Å². The number of hydrogen-bond donors (Lipinski definition) is 1. The van der Waals surface area contributed by atoms with E-state index < -0.39 is 0 Å². The first kappa shape index (κ1) is 9.84. The molecule has 1 saturated heterocycles. The van der Waals surface area contributed by atoms with Gasteiger partial charge in [0.25, 0.3) is 0 Å². The van der Waals surface area contributed by atoms with Crippen LogP contribution in [0.5, 0.6) is 0 Å². The summed E-state index contributed by atoms with van der Waals surface area (Å²) in [5.74, 6) is 0. The first-order valence-electron chi connectivity index (χ1n) is 4.78. The highest BCUT2D eigenvalue weighted by atomic mass is 79.9. The topological polar surface area (TPSA) is 29.3 Å². The minimum Gasteiger partial charge on any atom is -0.397 e. The maximum Gasteiger partial charge on any atom is 0.0601 e. The first-order chi connectivity index (χ1) is 6.48. The average molecular weight is 255 g/mol. The first-order valence-corrected chi connectivity index (χ1v) is 5.57. The van der Waals surface area contributed by atoms with Crippen molar-refractivity contribution in [3.05, 3.63) is 22.7 Å². The molecule has 1 aromatic carbocycles. The zero-order valence-electron chi connectivity index (χ0n) is 8.55. The van der Waals surface area contributed by atoms with Crippen molar-refractivity contribution in [2.24, 2.45) is 5.41 Å². The Morgan fingerprint density at radius 2 is 2.00 bits per heavy atom. The fraction of sp³-hybridized carbons (Fsp3) is 0.455. The molecule has 2 rings (SSSR count). The van der Waals surface area contributed by atoms with Crippen molar-refractivity contribution < 1.29 is 0 Å². The van der Waals surface area contributed by atoms with Gasteiger partial charge in [-0.15, -0.1) is 0 Å². The number of halogens is 1. The van der Waals surface area contributed by atoms with E-state index in [-0.39, 0.29) is 0 Å². The van der Waals surface area contributed by atoms with Gasteiger partial charge in [-0.1, -0.05) is 29.8 Å². The Balaban J connectivity index is 2.19. The summed E-state index contributed by atoms with van der Waals surface area (Å²) in [6.07, 6.45) is 0. The van der Waals surface area contributed by atoms with E-state index in [2.05, 4.69) is 40.7 Å². The lowest BCUT2D eigenvalue weighted by molar-refractivity contribution is 0.277. The van der Waals surface area contributed by atoms with Gasteiger partial charge in [0.15, 0.2) is 0 Å². The highest BCUT2D eigenvalue weighted by Gasteiger charge is 2.34. The molecule has 0 aliphatic carbocycles. The number of benzene rings is 1. The van der Waals surface area contributed by atoms with Crippen molar-refractivity contribution in [2.45, 2.75) is 13.8 Å². The minimum atomic E-state index is 0.444. The lowest BCUT2D eigenvalue weighted by Crippen LogP contribution is -2.53. The maximum absolute atomic E-state index is 5.95. The summed E-state index contributed by atoms with van der Waals surface area (Å²) < 4.78 is 1.04. The van der Waals surface area contributed by atoms with Crippen LogP contribution in [0.4, 0.5) is 11.4 Å². The number of nitrogens with two attached hydrogens (primary N) is 1. The lowest BCUT2D eigenvalue weighted by atomic mass is 9.84. The molecule has 0 atom stereocenters. The van der Waals surface area contributed by atoms with Crippen LogP contribution in [0.3, 0.4) is 0 Å². The van der Waals surface area contributed by atoms with Crippen LogP contribution in [0.2, 0.25) is 0 Å². The van der Waals surface area contributed by atoms with Gasteiger partial charge in [-0.05, 0) is 23.6 Å². The minimum absolute atomic E-state index is 0.444. The molecule has 2 nitrogen and oxygen atoms in total. The Labute approximate surface area is 93.2 Å². The van der Waals surface area contributed by atoms with Crippen LogP contribution >= 0.6 is 15.9 Å². The Bertz CT molecular complexity index is 352. The Kier molecular flexibility index (Phi) is 2.22. The quantitative estimate of drug-likeness (QED) is 0.782. The third-order valence-corrected chi connectivity index (χ3v) is 3.06. The maximum atomic E-state index is 5.95. The summed E-state index contributed by atoms with van der Waals surface area (Å²) in [5, 5.41) is 0. The third kappa shape index (κ3) is 1.73. The molecule has 3 heteroatoms. The molecule has 0 radical (unpaired) electrons. The van der Waals surface area contributed by atoms with E-state index in [0.29, 0.717) is 5.41 Å². The molecule has 0 aromatic heterocycles. The molecule has 1 aliphatic heterocycles. The molecule has 1 aromatic rings. The van der Waals surface area contributed by atoms with Crippen molar-refractivity contribution in [1.82, 2.24) is 0 Å². The lowest BCUT2D eigenvalue weighted by Gasteiger charge is -2.47. The molecule has 1 fully saturated rings. The second-order valence-corrected chi connectivity index (χ2v) is 5.64. The summed E-state index contributed by atoms with van der Waals surface area (Å²) in [4.78, 5) is 2.32. The fourth-order valence-electron chi connectivity index (χ4n) is 1.97. The van der Waals surface area contributed by atoms with Crippen molar-refractivity contribution in [1.29, 1.82) is 0 Å². The highest BCUT2D eigenvalue weighted by Crippen LogP contribution is 2.37. The van der Waals surface area contributed by atoms with Gasteiger partial charge in [0.05, 0.1) is 11.4 Å². The molecule has 2 N–H and O–H groups in total. The second-order valence-electron chi connectivity index (χ2n) is 4.72. The van der Waals surface area contributed by atoms with Crippen LogP contribution < -0.4 is 10.6 Å². The number of rotatable bonds is 1. The van der Waals surface area contributed by atoms with E-state index in [1.165, 1.54) is 0 Å². The second kappa shape index (κ2) is 3.16. The largest absolute Gasteiger partial charge is 0.397 e. The molecule has 1 heterocycles. The van der Waals surface area contributed by atoms with Crippen LogP contribution in [0, 0.1) is 5.41 Å². The number of anilines is 2. The standard InChI is InChI=1S/C11H15BrN2/c1-11(2)6-14(7-11)10-4-3-8(12)5-9(10)13/h3-5H,6-7,13H2,1-2H3. The summed E-state index contributed by atoms with van der Waals surface area (Å²) >= 11 is 3.41. The number of nitrogens with zero attached hydrogens (tertiary/aromatic N) is 1. The van der Waals surface area contributed by atoms with Crippen molar-refractivity contribution in [3.63, 3.8) is 0 Å². The Hall–Kier alpha value is -0.700. The van der Waals surface area contributed by atoms with Crippen molar-refractivity contribution >= 4 is 27.3 Å². The van der Waals surface area contributed by atoms with Crippen LogP contribution in [-0.2, 0) is 0 Å². The number of hydrogen-bond acceptors (Lipinski definition) is 2. The van der Waals surface area contributed by atoms with Gasteiger partial charge in [-0.25, -0.2) is 0 Å².